The summed E-state index contributed by atoms with van der Waals surface area (Å²) in [7, 11) is 0. The zero-order valence-electron chi connectivity index (χ0n) is 8.57. The summed E-state index contributed by atoms with van der Waals surface area (Å²) >= 11 is 7.64. The highest BCUT2D eigenvalue weighted by Gasteiger charge is 2.19. The van der Waals surface area contributed by atoms with Crippen LogP contribution in [-0.2, 0) is 10.6 Å². The fourth-order valence-electron chi connectivity index (χ4n) is 1.43. The van der Waals surface area contributed by atoms with Crippen molar-refractivity contribution >= 4 is 23.4 Å². The lowest BCUT2D eigenvalue weighted by Crippen LogP contribution is -2.18. The second-order valence-electron chi connectivity index (χ2n) is 3.41. The molecule has 82 valence electrons. The van der Waals surface area contributed by atoms with Crippen molar-refractivity contribution in [3.63, 3.8) is 0 Å². The Kier molecular flexibility index (Phi) is 3.83. The van der Waals surface area contributed by atoms with E-state index < -0.39 is 0 Å². The minimum atomic E-state index is 0.0480. The van der Waals surface area contributed by atoms with Crippen LogP contribution in [0.5, 0.6) is 0 Å². The van der Waals surface area contributed by atoms with E-state index in [1.54, 1.807) is 6.20 Å². The van der Waals surface area contributed by atoms with Gasteiger partial charge in [0, 0.05) is 29.0 Å². The molecule has 0 aromatic carbocycles. The van der Waals surface area contributed by atoms with Crippen molar-refractivity contribution in [1.82, 2.24) is 9.97 Å². The molecule has 1 aromatic heterocycles. The Morgan fingerprint density at radius 1 is 1.67 bits per heavy atom. The van der Waals surface area contributed by atoms with Crippen molar-refractivity contribution in [1.29, 1.82) is 0 Å². The number of hydrogen-bond acceptors (Lipinski definition) is 4. The highest BCUT2D eigenvalue weighted by molar-refractivity contribution is 7.99. The monoisotopic (exact) mass is 244 g/mol. The van der Waals surface area contributed by atoms with Crippen molar-refractivity contribution in [3.05, 3.63) is 23.3 Å². The van der Waals surface area contributed by atoms with Gasteiger partial charge in [0.05, 0.1) is 12.5 Å². The van der Waals surface area contributed by atoms with Crippen molar-refractivity contribution in [3.8, 4) is 0 Å². The van der Waals surface area contributed by atoms with Crippen LogP contribution in [0.15, 0.2) is 6.20 Å². The van der Waals surface area contributed by atoms with Crippen LogP contribution in [0.4, 0.5) is 0 Å². The van der Waals surface area contributed by atoms with Crippen LogP contribution in [0, 0.1) is 6.92 Å². The van der Waals surface area contributed by atoms with E-state index in [-0.39, 0.29) is 6.10 Å². The van der Waals surface area contributed by atoms with Gasteiger partial charge < -0.3 is 4.74 Å². The summed E-state index contributed by atoms with van der Waals surface area (Å²) in [5, 5.41) is 0. The quantitative estimate of drug-likeness (QED) is 0.748. The van der Waals surface area contributed by atoms with Gasteiger partial charge in [0.15, 0.2) is 5.82 Å². The highest BCUT2D eigenvalue weighted by atomic mass is 35.5. The maximum Gasteiger partial charge on any atom is 0.158 e. The summed E-state index contributed by atoms with van der Waals surface area (Å²) in [6.07, 6.45) is 1.85. The summed E-state index contributed by atoms with van der Waals surface area (Å²) < 4.78 is 5.61. The van der Waals surface area contributed by atoms with Crippen molar-refractivity contribution in [2.75, 3.05) is 18.1 Å². The number of hydrogen-bond donors (Lipinski definition) is 0. The first-order valence-electron chi connectivity index (χ1n) is 4.89. The number of ether oxygens (including phenoxy) is 1. The van der Waals surface area contributed by atoms with Crippen LogP contribution in [-0.4, -0.2) is 28.1 Å². The summed E-state index contributed by atoms with van der Waals surface area (Å²) in [5.74, 6) is 3.26. The van der Waals surface area contributed by atoms with Gasteiger partial charge in [-0.3, -0.25) is 0 Å². The van der Waals surface area contributed by atoms with Crippen LogP contribution >= 0.6 is 23.4 Å². The molecule has 2 rings (SSSR count). The fraction of sp³-hybridized carbons (Fsp3) is 0.600. The first kappa shape index (κ1) is 11.2. The third-order valence-corrected chi connectivity index (χ3v) is 3.63. The number of alkyl halides is 1. The molecular formula is C10H13ClN2OS. The summed E-state index contributed by atoms with van der Waals surface area (Å²) in [6, 6.07) is 0. The van der Waals surface area contributed by atoms with E-state index in [9.17, 15) is 0 Å². The van der Waals surface area contributed by atoms with Gasteiger partial charge in [0.2, 0.25) is 0 Å². The van der Waals surface area contributed by atoms with Gasteiger partial charge in [-0.25, -0.2) is 9.97 Å². The van der Waals surface area contributed by atoms with Crippen LogP contribution in [0.25, 0.3) is 0 Å². The average molecular weight is 245 g/mol. The molecule has 2 heterocycles. The van der Waals surface area contributed by atoms with Crippen molar-refractivity contribution in [2.45, 2.75) is 18.9 Å². The maximum atomic E-state index is 5.75. The molecule has 0 radical (unpaired) electrons. The molecule has 1 aromatic rings. The number of thioether (sulfide) groups is 1. The highest BCUT2D eigenvalue weighted by Crippen LogP contribution is 2.24. The van der Waals surface area contributed by atoms with Crippen molar-refractivity contribution in [2.24, 2.45) is 0 Å². The molecule has 0 saturated carbocycles. The van der Waals surface area contributed by atoms with Crippen LogP contribution < -0.4 is 0 Å². The fourth-order valence-corrected chi connectivity index (χ4v) is 2.54. The van der Waals surface area contributed by atoms with Crippen molar-refractivity contribution < 1.29 is 4.74 Å². The Bertz CT molecular complexity index is 342. The number of rotatable bonds is 2. The minimum Gasteiger partial charge on any atom is -0.368 e. The normalized spacial score (nSPS) is 21.6. The Balaban J connectivity index is 2.17. The predicted octanol–water partition coefficient (Wildman–Crippen LogP) is 2.33. The molecule has 1 fully saturated rings. The Morgan fingerprint density at radius 3 is 3.13 bits per heavy atom. The van der Waals surface area contributed by atoms with Gasteiger partial charge in [-0.15, -0.1) is 11.6 Å². The lowest BCUT2D eigenvalue weighted by molar-refractivity contribution is 0.0692. The van der Waals surface area contributed by atoms with E-state index in [2.05, 4.69) is 9.97 Å². The second kappa shape index (κ2) is 5.14. The molecule has 0 aliphatic carbocycles. The van der Waals surface area contributed by atoms with E-state index in [1.807, 2.05) is 18.7 Å². The zero-order chi connectivity index (χ0) is 10.7. The van der Waals surface area contributed by atoms with Gasteiger partial charge in [-0.1, -0.05) is 0 Å². The zero-order valence-corrected chi connectivity index (χ0v) is 10.1. The van der Waals surface area contributed by atoms with E-state index in [0.29, 0.717) is 5.88 Å². The summed E-state index contributed by atoms with van der Waals surface area (Å²) in [6.45, 7) is 2.74. The summed E-state index contributed by atoms with van der Waals surface area (Å²) in [5.41, 5.74) is 1.94. The predicted molar refractivity (Wildman–Crippen MR) is 62.3 cm³/mol. The first-order chi connectivity index (χ1) is 7.31. The SMILES string of the molecule is Cc1nc(C2CSCCO2)ncc1CCl. The molecule has 0 spiro atoms. The standard InChI is InChI=1S/C10H13ClN2OS/c1-7-8(4-11)5-12-10(13-7)9-6-15-3-2-14-9/h5,9H,2-4,6H2,1H3. The minimum absolute atomic E-state index is 0.0480. The Labute approximate surface area is 98.6 Å². The van der Waals surface area contributed by atoms with E-state index in [4.69, 9.17) is 16.3 Å². The van der Waals surface area contributed by atoms with E-state index in [1.165, 1.54) is 0 Å². The first-order valence-corrected chi connectivity index (χ1v) is 6.58. The van der Waals surface area contributed by atoms with Gasteiger partial charge >= 0.3 is 0 Å². The molecule has 0 bridgehead atoms. The number of halogens is 1. The van der Waals surface area contributed by atoms with Crippen LogP contribution in [0.3, 0.4) is 0 Å². The van der Waals surface area contributed by atoms with E-state index in [0.717, 1.165) is 35.2 Å². The van der Waals surface area contributed by atoms with Gasteiger partial charge in [-0.2, -0.15) is 11.8 Å². The molecule has 5 heteroatoms. The lowest BCUT2D eigenvalue weighted by Gasteiger charge is -2.21. The Morgan fingerprint density at radius 2 is 2.53 bits per heavy atom. The molecule has 3 nitrogen and oxygen atoms in total. The number of nitrogens with zero attached hydrogens (tertiary/aromatic N) is 2. The molecule has 15 heavy (non-hydrogen) atoms. The van der Waals surface area contributed by atoms with Crippen LogP contribution in [0.2, 0.25) is 0 Å². The summed E-state index contributed by atoms with van der Waals surface area (Å²) in [4.78, 5) is 8.73. The average Bonchev–Trinajstić information content (AvgIpc) is 2.30. The van der Waals surface area contributed by atoms with Crippen LogP contribution in [0.1, 0.15) is 23.2 Å². The molecule has 1 unspecified atom stereocenters. The maximum absolute atomic E-state index is 5.75. The second-order valence-corrected chi connectivity index (χ2v) is 4.82. The molecule has 1 aliphatic rings. The number of aryl methyl sites for hydroxylation is 1. The van der Waals surface area contributed by atoms with E-state index >= 15 is 0 Å². The topological polar surface area (TPSA) is 35.0 Å². The molecule has 1 aliphatic heterocycles. The molecule has 0 amide bonds. The molecule has 1 saturated heterocycles. The van der Waals surface area contributed by atoms with Gasteiger partial charge in [-0.05, 0) is 6.92 Å². The lowest BCUT2D eigenvalue weighted by atomic mass is 10.2. The Hall–Kier alpha value is -0.320. The van der Waals surface area contributed by atoms with Gasteiger partial charge in [0.1, 0.15) is 6.10 Å². The van der Waals surface area contributed by atoms with Gasteiger partial charge in [0.25, 0.3) is 0 Å². The third-order valence-electron chi connectivity index (χ3n) is 2.35. The molecule has 1 atom stereocenters. The number of aromatic nitrogens is 2. The third kappa shape index (κ3) is 2.62. The molecular weight excluding hydrogens is 232 g/mol. The smallest absolute Gasteiger partial charge is 0.158 e. The molecule has 0 N–H and O–H groups in total. The largest absolute Gasteiger partial charge is 0.368 e.